The topological polar surface area (TPSA) is 56.1 Å². The number of amides is 1. The molecule has 1 amide bonds. The van der Waals surface area contributed by atoms with Gasteiger partial charge in [-0.25, -0.2) is 4.39 Å². The van der Waals surface area contributed by atoms with Crippen molar-refractivity contribution < 1.29 is 13.9 Å². The summed E-state index contributed by atoms with van der Waals surface area (Å²) in [5.41, 5.74) is 2.50. The van der Waals surface area contributed by atoms with Crippen molar-refractivity contribution in [3.63, 3.8) is 0 Å². The van der Waals surface area contributed by atoms with E-state index in [1.165, 1.54) is 13.2 Å². The summed E-state index contributed by atoms with van der Waals surface area (Å²) in [6.45, 7) is 0. The van der Waals surface area contributed by atoms with Crippen molar-refractivity contribution in [1.29, 1.82) is 0 Å². The molecule has 1 aliphatic carbocycles. The van der Waals surface area contributed by atoms with Crippen LogP contribution in [-0.2, 0) is 24.7 Å². The van der Waals surface area contributed by atoms with Crippen LogP contribution in [0.4, 0.5) is 4.39 Å². The van der Waals surface area contributed by atoms with Crippen molar-refractivity contribution in [3.8, 4) is 5.75 Å². The first-order chi connectivity index (χ1) is 11.0. The van der Waals surface area contributed by atoms with Gasteiger partial charge in [0.15, 0.2) is 16.7 Å². The maximum absolute atomic E-state index is 13.7. The molecule has 1 aromatic carbocycles. The van der Waals surface area contributed by atoms with Crippen molar-refractivity contribution in [2.75, 3.05) is 7.11 Å². The number of aromatic nitrogens is 2. The molecule has 0 saturated carbocycles. The van der Waals surface area contributed by atoms with Gasteiger partial charge in [0.05, 0.1) is 19.6 Å². The van der Waals surface area contributed by atoms with Crippen molar-refractivity contribution in [3.05, 3.63) is 46.0 Å². The Morgan fingerprint density at radius 2 is 2.35 bits per heavy atom. The zero-order valence-electron chi connectivity index (χ0n) is 12.9. The van der Waals surface area contributed by atoms with E-state index in [4.69, 9.17) is 16.3 Å². The van der Waals surface area contributed by atoms with Gasteiger partial charge in [0, 0.05) is 18.8 Å². The van der Waals surface area contributed by atoms with Gasteiger partial charge in [-0.3, -0.25) is 9.48 Å². The van der Waals surface area contributed by atoms with Gasteiger partial charge in [0.1, 0.15) is 0 Å². The molecule has 3 rings (SSSR count). The molecule has 0 saturated heterocycles. The van der Waals surface area contributed by atoms with Crippen LogP contribution in [-0.4, -0.2) is 22.8 Å². The van der Waals surface area contributed by atoms with E-state index in [9.17, 15) is 9.18 Å². The highest BCUT2D eigenvalue weighted by Crippen LogP contribution is 2.35. The second-order valence-corrected chi connectivity index (χ2v) is 6.00. The Hall–Kier alpha value is -2.08. The van der Waals surface area contributed by atoms with E-state index in [-0.39, 0.29) is 29.9 Å². The SMILES string of the molecule is COc1cc2c(cc1F)CCC2NC(=O)Cc1cn(C)nc1Cl. The molecule has 0 bridgehead atoms. The normalized spacial score (nSPS) is 16.3. The van der Waals surface area contributed by atoms with Gasteiger partial charge in [-0.2, -0.15) is 5.10 Å². The maximum atomic E-state index is 13.7. The number of hydrogen-bond acceptors (Lipinski definition) is 3. The van der Waals surface area contributed by atoms with Crippen LogP contribution < -0.4 is 10.1 Å². The summed E-state index contributed by atoms with van der Waals surface area (Å²) in [7, 11) is 3.18. The summed E-state index contributed by atoms with van der Waals surface area (Å²) in [6.07, 6.45) is 3.36. The Kier molecular flexibility index (Phi) is 4.26. The Morgan fingerprint density at radius 3 is 3.00 bits per heavy atom. The zero-order valence-corrected chi connectivity index (χ0v) is 13.7. The number of aryl methyl sites for hydroxylation is 2. The van der Waals surface area contributed by atoms with E-state index < -0.39 is 0 Å². The third kappa shape index (κ3) is 3.17. The van der Waals surface area contributed by atoms with Crippen LogP contribution in [0, 0.1) is 5.82 Å². The molecule has 5 nitrogen and oxygen atoms in total. The van der Waals surface area contributed by atoms with Gasteiger partial charge in [-0.15, -0.1) is 0 Å². The van der Waals surface area contributed by atoms with Gasteiger partial charge in [-0.05, 0) is 36.1 Å². The van der Waals surface area contributed by atoms with E-state index in [1.807, 2.05) is 0 Å². The van der Waals surface area contributed by atoms with Crippen molar-refractivity contribution in [2.45, 2.75) is 25.3 Å². The Labute approximate surface area is 138 Å². The molecule has 1 heterocycles. The number of benzene rings is 1. The van der Waals surface area contributed by atoms with E-state index >= 15 is 0 Å². The number of fused-ring (bicyclic) bond motifs is 1. The second kappa shape index (κ2) is 6.20. The quantitative estimate of drug-likeness (QED) is 0.933. The average molecular weight is 338 g/mol. The molecule has 0 aliphatic heterocycles. The van der Waals surface area contributed by atoms with Crippen LogP contribution in [0.3, 0.4) is 0 Å². The number of methoxy groups -OCH3 is 1. The predicted molar refractivity (Wildman–Crippen MR) is 84.1 cm³/mol. The van der Waals surface area contributed by atoms with E-state index in [1.54, 1.807) is 24.0 Å². The molecular formula is C16H17ClFN3O2. The van der Waals surface area contributed by atoms with Crippen LogP contribution in [0.15, 0.2) is 18.3 Å². The van der Waals surface area contributed by atoms with Crippen molar-refractivity contribution in [1.82, 2.24) is 15.1 Å². The summed E-state index contributed by atoms with van der Waals surface area (Å²) in [6, 6.07) is 3.01. The lowest BCUT2D eigenvalue weighted by atomic mass is 10.1. The van der Waals surface area contributed by atoms with Crippen LogP contribution >= 0.6 is 11.6 Å². The van der Waals surface area contributed by atoms with E-state index in [2.05, 4.69) is 10.4 Å². The molecule has 1 aromatic heterocycles. The third-order valence-electron chi connectivity index (χ3n) is 4.03. The number of ether oxygens (including phenoxy) is 1. The molecule has 23 heavy (non-hydrogen) atoms. The first-order valence-electron chi connectivity index (χ1n) is 7.31. The highest BCUT2D eigenvalue weighted by atomic mass is 35.5. The van der Waals surface area contributed by atoms with Gasteiger partial charge < -0.3 is 10.1 Å². The van der Waals surface area contributed by atoms with Crippen LogP contribution in [0.25, 0.3) is 0 Å². The monoisotopic (exact) mass is 337 g/mol. The van der Waals surface area contributed by atoms with Gasteiger partial charge >= 0.3 is 0 Å². The Morgan fingerprint density at radius 1 is 1.57 bits per heavy atom. The highest BCUT2D eigenvalue weighted by molar-refractivity contribution is 6.30. The minimum atomic E-state index is -0.375. The van der Waals surface area contributed by atoms with E-state index in [0.29, 0.717) is 10.7 Å². The first-order valence-corrected chi connectivity index (χ1v) is 7.69. The number of rotatable bonds is 4. The molecule has 0 radical (unpaired) electrons. The van der Waals surface area contributed by atoms with Crippen molar-refractivity contribution >= 4 is 17.5 Å². The molecule has 1 unspecified atom stereocenters. The van der Waals surface area contributed by atoms with Crippen molar-refractivity contribution in [2.24, 2.45) is 7.05 Å². The average Bonchev–Trinajstić information content (AvgIpc) is 3.01. The van der Waals surface area contributed by atoms with Crippen LogP contribution in [0.5, 0.6) is 5.75 Å². The molecule has 1 N–H and O–H groups in total. The Balaban J connectivity index is 1.73. The molecule has 0 spiro atoms. The first kappa shape index (κ1) is 15.8. The van der Waals surface area contributed by atoms with E-state index in [0.717, 1.165) is 24.0 Å². The number of nitrogens with zero attached hydrogens (tertiary/aromatic N) is 2. The Bertz CT molecular complexity index is 760. The highest BCUT2D eigenvalue weighted by Gasteiger charge is 2.26. The molecule has 2 aromatic rings. The second-order valence-electron chi connectivity index (χ2n) is 5.64. The number of hydrogen-bond donors (Lipinski definition) is 1. The number of carbonyl (C=O) groups excluding carboxylic acids is 1. The van der Waals surface area contributed by atoms with Crippen LogP contribution in [0.1, 0.15) is 29.2 Å². The summed E-state index contributed by atoms with van der Waals surface area (Å²) in [5, 5.41) is 7.32. The number of nitrogens with one attached hydrogen (secondary N) is 1. The minimum absolute atomic E-state index is 0.137. The fourth-order valence-electron chi connectivity index (χ4n) is 2.96. The van der Waals surface area contributed by atoms with Crippen LogP contribution in [0.2, 0.25) is 5.15 Å². The molecular weight excluding hydrogens is 321 g/mol. The number of carbonyl (C=O) groups is 1. The third-order valence-corrected chi connectivity index (χ3v) is 4.35. The smallest absolute Gasteiger partial charge is 0.225 e. The lowest BCUT2D eigenvalue weighted by Crippen LogP contribution is -2.28. The fraction of sp³-hybridized carbons (Fsp3) is 0.375. The standard InChI is InChI=1S/C16H17ClFN3O2/c1-21-8-10(16(17)20-21)6-15(22)19-13-4-3-9-5-12(18)14(23-2)7-11(9)13/h5,7-8,13H,3-4,6H2,1-2H3,(H,19,22). The minimum Gasteiger partial charge on any atom is -0.494 e. The summed E-state index contributed by atoms with van der Waals surface area (Å²) in [4.78, 5) is 12.2. The van der Waals surface area contributed by atoms with Gasteiger partial charge in [-0.1, -0.05) is 11.6 Å². The maximum Gasteiger partial charge on any atom is 0.225 e. The number of halogens is 2. The molecule has 1 atom stereocenters. The summed E-state index contributed by atoms with van der Waals surface area (Å²) >= 11 is 5.97. The molecule has 1 aliphatic rings. The van der Waals surface area contributed by atoms with Gasteiger partial charge in [0.2, 0.25) is 5.91 Å². The summed E-state index contributed by atoms with van der Waals surface area (Å²) < 4.78 is 20.3. The lowest BCUT2D eigenvalue weighted by molar-refractivity contribution is -0.121. The largest absolute Gasteiger partial charge is 0.494 e. The molecule has 122 valence electrons. The molecule has 0 fully saturated rings. The summed E-state index contributed by atoms with van der Waals surface area (Å²) in [5.74, 6) is -0.318. The fourth-order valence-corrected chi connectivity index (χ4v) is 3.20. The lowest BCUT2D eigenvalue weighted by Gasteiger charge is -2.15. The molecule has 7 heteroatoms. The van der Waals surface area contributed by atoms with Gasteiger partial charge in [0.25, 0.3) is 0 Å². The zero-order chi connectivity index (χ0) is 16.6. The predicted octanol–water partition coefficient (Wildman–Crippen LogP) is 2.57.